The van der Waals surface area contributed by atoms with E-state index in [0.29, 0.717) is 22.8 Å². The van der Waals surface area contributed by atoms with Crippen molar-refractivity contribution >= 4 is 35.6 Å². The van der Waals surface area contributed by atoms with E-state index in [1.165, 1.54) is 42.8 Å². The average molecular weight is 452 g/mol. The number of furan rings is 2. The van der Waals surface area contributed by atoms with Gasteiger partial charge in [0.1, 0.15) is 11.5 Å². The van der Waals surface area contributed by atoms with Gasteiger partial charge in [-0.2, -0.15) is 5.10 Å². The molecule has 0 atom stereocenters. The lowest BCUT2D eigenvalue weighted by Gasteiger charge is -2.06. The molecule has 0 spiro atoms. The molecule has 11 heteroatoms. The molecule has 0 fully saturated rings. The molecule has 0 unspecified atom stereocenters. The summed E-state index contributed by atoms with van der Waals surface area (Å²) in [7, 11) is 0. The molecule has 170 valence electrons. The van der Waals surface area contributed by atoms with Crippen LogP contribution in [-0.2, 0) is 20.9 Å². The number of hydrazone groups is 1. The summed E-state index contributed by atoms with van der Waals surface area (Å²) in [6.07, 6.45) is 2.65. The molecule has 0 aliphatic rings. The number of nitrogens with zero attached hydrogens (tertiary/aromatic N) is 1. The van der Waals surface area contributed by atoms with Gasteiger partial charge in [-0.15, -0.1) is 0 Å². The van der Waals surface area contributed by atoms with Crippen molar-refractivity contribution in [2.24, 2.45) is 5.10 Å². The molecule has 3 N–H and O–H groups in total. The number of hydrogen-bond donors (Lipinski definition) is 3. The predicted molar refractivity (Wildman–Crippen MR) is 115 cm³/mol. The lowest BCUT2D eigenvalue weighted by Crippen LogP contribution is -2.34. The number of hydrogen-bond acceptors (Lipinski definition) is 8. The van der Waals surface area contributed by atoms with Gasteiger partial charge in [0.2, 0.25) is 0 Å². The van der Waals surface area contributed by atoms with Crippen LogP contribution < -0.4 is 16.1 Å². The quantitative estimate of drug-likeness (QED) is 0.205. The van der Waals surface area contributed by atoms with Crippen LogP contribution in [0.2, 0.25) is 0 Å². The number of rotatable bonds is 8. The van der Waals surface area contributed by atoms with Gasteiger partial charge in [-0.05, 0) is 55.5 Å². The minimum absolute atomic E-state index is 0.0410. The van der Waals surface area contributed by atoms with Gasteiger partial charge in [0.15, 0.2) is 5.76 Å². The molecule has 2 heterocycles. The Bertz CT molecular complexity index is 1150. The fourth-order valence-electron chi connectivity index (χ4n) is 2.52. The Balaban J connectivity index is 1.44. The summed E-state index contributed by atoms with van der Waals surface area (Å²) in [5.41, 5.74) is 2.95. The monoisotopic (exact) mass is 452 g/mol. The minimum atomic E-state index is -0.882. The minimum Gasteiger partial charge on any atom is -0.462 e. The van der Waals surface area contributed by atoms with Crippen molar-refractivity contribution in [3.05, 3.63) is 77.6 Å². The molecule has 0 saturated heterocycles. The van der Waals surface area contributed by atoms with Crippen LogP contribution in [0, 0.1) is 0 Å². The molecule has 3 aromatic rings. The van der Waals surface area contributed by atoms with Crippen molar-refractivity contribution in [1.29, 1.82) is 0 Å². The second-order valence-electron chi connectivity index (χ2n) is 6.42. The topological polar surface area (TPSA) is 152 Å². The van der Waals surface area contributed by atoms with E-state index < -0.39 is 23.7 Å². The summed E-state index contributed by atoms with van der Waals surface area (Å²) >= 11 is 0. The van der Waals surface area contributed by atoms with E-state index in [1.54, 1.807) is 25.1 Å². The lowest BCUT2D eigenvalue weighted by molar-refractivity contribution is -0.136. The number of benzene rings is 1. The van der Waals surface area contributed by atoms with Crippen LogP contribution in [0.3, 0.4) is 0 Å². The van der Waals surface area contributed by atoms with Crippen LogP contribution in [0.15, 0.2) is 68.7 Å². The lowest BCUT2D eigenvalue weighted by atomic mass is 10.2. The molecule has 0 aliphatic carbocycles. The van der Waals surface area contributed by atoms with E-state index >= 15 is 0 Å². The van der Waals surface area contributed by atoms with Gasteiger partial charge in [0.05, 0.1) is 31.2 Å². The molecular weight excluding hydrogens is 432 g/mol. The molecule has 33 heavy (non-hydrogen) atoms. The summed E-state index contributed by atoms with van der Waals surface area (Å²) in [6, 6.07) is 12.2. The first kappa shape index (κ1) is 23.0. The molecule has 3 rings (SSSR count). The summed E-state index contributed by atoms with van der Waals surface area (Å²) in [5, 5.41) is 8.60. The second-order valence-corrected chi connectivity index (χ2v) is 6.42. The van der Waals surface area contributed by atoms with Crippen LogP contribution in [-0.4, -0.2) is 36.5 Å². The number of amides is 3. The Labute approximate surface area is 187 Å². The number of carbonyl (C=O) groups excluding carboxylic acids is 4. The summed E-state index contributed by atoms with van der Waals surface area (Å²) in [4.78, 5) is 47.4. The highest BCUT2D eigenvalue weighted by molar-refractivity contribution is 6.39. The number of esters is 1. The molecule has 0 saturated carbocycles. The van der Waals surface area contributed by atoms with E-state index in [1.807, 2.05) is 0 Å². The Morgan fingerprint density at radius 1 is 1.03 bits per heavy atom. The van der Waals surface area contributed by atoms with Crippen LogP contribution >= 0.6 is 0 Å². The van der Waals surface area contributed by atoms with Crippen LogP contribution in [0.5, 0.6) is 0 Å². The Morgan fingerprint density at radius 2 is 1.82 bits per heavy atom. The first-order valence-electron chi connectivity index (χ1n) is 9.78. The normalized spacial score (nSPS) is 10.6. The van der Waals surface area contributed by atoms with Gasteiger partial charge in [-0.25, -0.2) is 10.2 Å². The fourth-order valence-corrected chi connectivity index (χ4v) is 2.52. The maximum Gasteiger partial charge on any atom is 0.338 e. The van der Waals surface area contributed by atoms with E-state index in [9.17, 15) is 19.2 Å². The smallest absolute Gasteiger partial charge is 0.338 e. The van der Waals surface area contributed by atoms with Gasteiger partial charge in [-0.3, -0.25) is 14.4 Å². The molecular formula is C22H20N4O7. The number of carbonyl (C=O) groups is 4. The molecule has 1 aromatic carbocycles. The van der Waals surface area contributed by atoms with Gasteiger partial charge in [-0.1, -0.05) is 0 Å². The molecule has 2 aromatic heterocycles. The van der Waals surface area contributed by atoms with E-state index in [2.05, 4.69) is 21.2 Å². The van der Waals surface area contributed by atoms with Gasteiger partial charge in [0.25, 0.3) is 0 Å². The Kier molecular flexibility index (Phi) is 7.73. The predicted octanol–water partition coefficient (Wildman–Crippen LogP) is 2.07. The van der Waals surface area contributed by atoms with E-state index in [-0.39, 0.29) is 18.9 Å². The van der Waals surface area contributed by atoms with E-state index in [0.717, 1.165) is 0 Å². The zero-order valence-corrected chi connectivity index (χ0v) is 17.5. The summed E-state index contributed by atoms with van der Waals surface area (Å²) < 4.78 is 15.3. The first-order chi connectivity index (χ1) is 16.0. The maximum absolute atomic E-state index is 12.0. The van der Waals surface area contributed by atoms with Crippen molar-refractivity contribution in [3.8, 4) is 0 Å². The molecule has 0 radical (unpaired) electrons. The third-order valence-electron chi connectivity index (χ3n) is 4.07. The zero-order chi connectivity index (χ0) is 23.6. The van der Waals surface area contributed by atoms with Crippen LogP contribution in [0.25, 0.3) is 0 Å². The Morgan fingerprint density at radius 3 is 2.52 bits per heavy atom. The average Bonchev–Trinajstić information content (AvgIpc) is 3.50. The fraction of sp³-hybridized carbons (Fsp3) is 0.136. The third kappa shape index (κ3) is 6.66. The highest BCUT2D eigenvalue weighted by Crippen LogP contribution is 2.11. The number of anilines is 1. The second kappa shape index (κ2) is 11.1. The van der Waals surface area contributed by atoms with Gasteiger partial charge in [0, 0.05) is 5.69 Å². The largest absolute Gasteiger partial charge is 0.462 e. The van der Waals surface area contributed by atoms with Crippen LogP contribution in [0.4, 0.5) is 5.69 Å². The molecule has 11 nitrogen and oxygen atoms in total. The molecule has 3 amide bonds. The standard InChI is InChI=1S/C22H20N4O7/c1-2-31-22(30)14-5-7-15(8-6-14)25-21(29)20(28)23-12-16-9-10-17(33-16)13-24-26-19(27)18-4-3-11-32-18/h3-11,13H,2,12H2,1H3,(H,23,28)(H,25,29)(H,26,27)/b24-13-. The van der Waals surface area contributed by atoms with E-state index in [4.69, 9.17) is 13.6 Å². The van der Waals surface area contributed by atoms with Crippen molar-refractivity contribution in [2.45, 2.75) is 13.5 Å². The Hall–Kier alpha value is -4.67. The van der Waals surface area contributed by atoms with Crippen molar-refractivity contribution in [1.82, 2.24) is 10.7 Å². The third-order valence-corrected chi connectivity index (χ3v) is 4.07. The summed E-state index contributed by atoms with van der Waals surface area (Å²) in [5.74, 6) is -1.94. The van der Waals surface area contributed by atoms with Crippen molar-refractivity contribution < 1.29 is 32.7 Å². The number of nitrogens with one attached hydrogen (secondary N) is 3. The summed E-state index contributed by atoms with van der Waals surface area (Å²) in [6.45, 7) is 1.91. The van der Waals surface area contributed by atoms with Crippen molar-refractivity contribution in [2.75, 3.05) is 11.9 Å². The highest BCUT2D eigenvalue weighted by Gasteiger charge is 2.15. The molecule has 0 aliphatic heterocycles. The SMILES string of the molecule is CCOC(=O)c1ccc(NC(=O)C(=O)NCc2ccc(/C=N\NC(=O)c3ccco3)o2)cc1. The van der Waals surface area contributed by atoms with Crippen LogP contribution in [0.1, 0.15) is 39.4 Å². The van der Waals surface area contributed by atoms with Crippen molar-refractivity contribution in [3.63, 3.8) is 0 Å². The first-order valence-corrected chi connectivity index (χ1v) is 9.78. The van der Waals surface area contributed by atoms with Gasteiger partial charge < -0.3 is 24.2 Å². The molecule has 0 bridgehead atoms. The van der Waals surface area contributed by atoms with Gasteiger partial charge >= 0.3 is 23.7 Å². The maximum atomic E-state index is 12.0. The highest BCUT2D eigenvalue weighted by atomic mass is 16.5. The number of ether oxygens (including phenoxy) is 1. The zero-order valence-electron chi connectivity index (χ0n) is 17.5.